The molecule has 0 aromatic carbocycles. The standard InChI is InChI=1S/C18H32N4O3.HI/c1-3-25-16(23)9-6-11-20-18(19-2)21-15-10-12-22(13-15)17(24)14-7-4-5-8-14;/h14-15H,3-13H2,1-2H3,(H2,19,20,21);1H. The Hall–Kier alpha value is -1.06. The summed E-state index contributed by atoms with van der Waals surface area (Å²) in [4.78, 5) is 30.0. The molecule has 1 heterocycles. The number of carbonyl (C=O) groups excluding carboxylic acids is 2. The molecule has 1 unspecified atom stereocenters. The number of amides is 1. The van der Waals surface area contributed by atoms with E-state index in [1.807, 2.05) is 11.8 Å². The lowest BCUT2D eigenvalue weighted by atomic mass is 10.1. The minimum atomic E-state index is -0.163. The van der Waals surface area contributed by atoms with Crippen LogP contribution in [0.5, 0.6) is 0 Å². The van der Waals surface area contributed by atoms with Crippen molar-refractivity contribution in [2.24, 2.45) is 10.9 Å². The highest BCUT2D eigenvalue weighted by Gasteiger charge is 2.32. The smallest absolute Gasteiger partial charge is 0.305 e. The number of nitrogens with one attached hydrogen (secondary N) is 2. The first-order valence-electron chi connectivity index (χ1n) is 9.55. The van der Waals surface area contributed by atoms with E-state index in [9.17, 15) is 9.59 Å². The number of guanidine groups is 1. The second kappa shape index (κ2) is 12.3. The molecule has 2 aliphatic rings. The fraction of sp³-hybridized carbons (Fsp3) is 0.833. The molecule has 7 nitrogen and oxygen atoms in total. The van der Waals surface area contributed by atoms with Gasteiger partial charge in [-0.2, -0.15) is 0 Å². The maximum atomic E-state index is 12.5. The molecule has 1 saturated carbocycles. The van der Waals surface area contributed by atoms with Crippen LogP contribution in [0.3, 0.4) is 0 Å². The summed E-state index contributed by atoms with van der Waals surface area (Å²) in [5.41, 5.74) is 0. The number of aliphatic imine (C=N–C) groups is 1. The van der Waals surface area contributed by atoms with Crippen molar-refractivity contribution in [1.29, 1.82) is 0 Å². The summed E-state index contributed by atoms with van der Waals surface area (Å²) < 4.78 is 4.91. The molecule has 0 aromatic rings. The van der Waals surface area contributed by atoms with Crippen molar-refractivity contribution in [3.8, 4) is 0 Å². The fourth-order valence-corrected chi connectivity index (χ4v) is 3.57. The van der Waals surface area contributed by atoms with E-state index in [1.54, 1.807) is 7.05 Å². The van der Waals surface area contributed by atoms with Crippen LogP contribution in [0, 0.1) is 5.92 Å². The van der Waals surface area contributed by atoms with Crippen molar-refractivity contribution in [3.05, 3.63) is 0 Å². The number of esters is 1. The highest BCUT2D eigenvalue weighted by molar-refractivity contribution is 14.0. The average Bonchev–Trinajstić information content (AvgIpc) is 3.29. The van der Waals surface area contributed by atoms with E-state index in [1.165, 1.54) is 12.8 Å². The second-order valence-corrected chi connectivity index (χ2v) is 6.80. The molecule has 0 bridgehead atoms. The van der Waals surface area contributed by atoms with Crippen molar-refractivity contribution < 1.29 is 14.3 Å². The van der Waals surface area contributed by atoms with Crippen LogP contribution in [-0.2, 0) is 14.3 Å². The Morgan fingerprint density at radius 2 is 1.96 bits per heavy atom. The van der Waals surface area contributed by atoms with Gasteiger partial charge >= 0.3 is 5.97 Å². The molecule has 1 aliphatic heterocycles. The van der Waals surface area contributed by atoms with Crippen molar-refractivity contribution in [3.63, 3.8) is 0 Å². The zero-order valence-electron chi connectivity index (χ0n) is 16.0. The van der Waals surface area contributed by atoms with E-state index in [0.29, 0.717) is 31.9 Å². The molecule has 1 saturated heterocycles. The van der Waals surface area contributed by atoms with Crippen molar-refractivity contribution >= 4 is 41.8 Å². The van der Waals surface area contributed by atoms with E-state index in [4.69, 9.17) is 4.74 Å². The van der Waals surface area contributed by atoms with E-state index in [0.717, 1.165) is 38.3 Å². The quantitative estimate of drug-likeness (QED) is 0.191. The number of rotatable bonds is 7. The highest BCUT2D eigenvalue weighted by Crippen LogP contribution is 2.27. The molecule has 150 valence electrons. The SMILES string of the molecule is CCOC(=O)CCCNC(=NC)NC1CCN(C(=O)C2CCCC2)C1.I. The van der Waals surface area contributed by atoms with Crippen LogP contribution in [0.15, 0.2) is 4.99 Å². The monoisotopic (exact) mass is 480 g/mol. The highest BCUT2D eigenvalue weighted by atomic mass is 127. The number of likely N-dealkylation sites (tertiary alicyclic amines) is 1. The van der Waals surface area contributed by atoms with Gasteiger partial charge in [-0.1, -0.05) is 12.8 Å². The van der Waals surface area contributed by atoms with Gasteiger partial charge in [0.1, 0.15) is 0 Å². The molecule has 1 aliphatic carbocycles. The first-order chi connectivity index (χ1) is 12.1. The van der Waals surface area contributed by atoms with Gasteiger partial charge in [-0.15, -0.1) is 24.0 Å². The van der Waals surface area contributed by atoms with Crippen molar-refractivity contribution in [1.82, 2.24) is 15.5 Å². The summed E-state index contributed by atoms with van der Waals surface area (Å²) in [6.07, 6.45) is 6.54. The third kappa shape index (κ3) is 7.28. The van der Waals surface area contributed by atoms with Crippen LogP contribution < -0.4 is 10.6 Å². The van der Waals surface area contributed by atoms with Crippen molar-refractivity contribution in [2.45, 2.75) is 57.9 Å². The molecule has 1 atom stereocenters. The Morgan fingerprint density at radius 1 is 1.23 bits per heavy atom. The fourth-order valence-electron chi connectivity index (χ4n) is 3.57. The van der Waals surface area contributed by atoms with E-state index >= 15 is 0 Å². The van der Waals surface area contributed by atoms with Crippen molar-refractivity contribution in [2.75, 3.05) is 33.3 Å². The maximum Gasteiger partial charge on any atom is 0.305 e. The number of carbonyl (C=O) groups is 2. The lowest BCUT2D eigenvalue weighted by molar-refractivity contribution is -0.143. The largest absolute Gasteiger partial charge is 0.466 e. The van der Waals surface area contributed by atoms with Gasteiger partial charge < -0.3 is 20.3 Å². The zero-order chi connectivity index (χ0) is 18.1. The molecule has 8 heteroatoms. The van der Waals surface area contributed by atoms with E-state index < -0.39 is 0 Å². The van der Waals surface area contributed by atoms with Crippen LogP contribution >= 0.6 is 24.0 Å². The van der Waals surface area contributed by atoms with Gasteiger partial charge in [-0.05, 0) is 32.6 Å². The minimum Gasteiger partial charge on any atom is -0.466 e. The molecule has 2 rings (SSSR count). The predicted octanol–water partition coefficient (Wildman–Crippen LogP) is 1.90. The third-order valence-corrected chi connectivity index (χ3v) is 4.92. The summed E-state index contributed by atoms with van der Waals surface area (Å²) in [5.74, 6) is 1.14. The van der Waals surface area contributed by atoms with Gasteiger partial charge in [0.2, 0.25) is 5.91 Å². The lowest BCUT2D eigenvalue weighted by Crippen LogP contribution is -2.45. The molecule has 0 spiro atoms. The summed E-state index contributed by atoms with van der Waals surface area (Å²) >= 11 is 0. The lowest BCUT2D eigenvalue weighted by Gasteiger charge is -2.21. The predicted molar refractivity (Wildman–Crippen MR) is 113 cm³/mol. The Balaban J connectivity index is 0.00000338. The Bertz CT molecular complexity index is 481. The van der Waals surface area contributed by atoms with Gasteiger partial charge in [-0.25, -0.2) is 0 Å². The molecule has 2 N–H and O–H groups in total. The Kier molecular flexibility index (Phi) is 10.9. The summed E-state index contributed by atoms with van der Waals surface area (Å²) in [5, 5.41) is 6.60. The molecular weight excluding hydrogens is 447 g/mol. The number of ether oxygens (including phenoxy) is 1. The first kappa shape index (κ1) is 23.0. The second-order valence-electron chi connectivity index (χ2n) is 6.80. The average molecular weight is 480 g/mol. The number of hydrogen-bond acceptors (Lipinski definition) is 4. The van der Waals surface area contributed by atoms with Crippen LogP contribution in [-0.4, -0.2) is 62.1 Å². The molecule has 0 radical (unpaired) electrons. The minimum absolute atomic E-state index is 0. The maximum absolute atomic E-state index is 12.5. The van der Waals surface area contributed by atoms with Gasteiger partial charge in [0.15, 0.2) is 5.96 Å². The van der Waals surface area contributed by atoms with Crippen LogP contribution in [0.1, 0.15) is 51.9 Å². The third-order valence-electron chi connectivity index (χ3n) is 4.92. The molecular formula is C18H33IN4O3. The van der Waals surface area contributed by atoms with Gasteiger partial charge in [-0.3, -0.25) is 14.6 Å². The molecule has 26 heavy (non-hydrogen) atoms. The normalized spacial score (nSPS) is 20.6. The van der Waals surface area contributed by atoms with Gasteiger partial charge in [0.05, 0.1) is 6.61 Å². The molecule has 2 fully saturated rings. The molecule has 0 aromatic heterocycles. The topological polar surface area (TPSA) is 83.0 Å². The van der Waals surface area contributed by atoms with Crippen LogP contribution in [0.2, 0.25) is 0 Å². The summed E-state index contributed by atoms with van der Waals surface area (Å²) in [7, 11) is 1.73. The van der Waals surface area contributed by atoms with Crippen LogP contribution in [0.25, 0.3) is 0 Å². The van der Waals surface area contributed by atoms with E-state index in [-0.39, 0.29) is 41.9 Å². The Labute approximate surface area is 173 Å². The van der Waals surface area contributed by atoms with E-state index in [2.05, 4.69) is 15.6 Å². The van der Waals surface area contributed by atoms with Gasteiger partial charge in [0, 0.05) is 45.1 Å². The first-order valence-corrected chi connectivity index (χ1v) is 9.55. The summed E-state index contributed by atoms with van der Waals surface area (Å²) in [6.45, 7) is 4.47. The number of halogens is 1. The molecule has 1 amide bonds. The van der Waals surface area contributed by atoms with Gasteiger partial charge in [0.25, 0.3) is 0 Å². The summed E-state index contributed by atoms with van der Waals surface area (Å²) in [6, 6.07) is 0.238. The zero-order valence-corrected chi connectivity index (χ0v) is 18.3. The Morgan fingerprint density at radius 3 is 2.62 bits per heavy atom. The van der Waals surface area contributed by atoms with Crippen LogP contribution in [0.4, 0.5) is 0 Å². The number of hydrogen-bond donors (Lipinski definition) is 2. The number of nitrogens with zero attached hydrogens (tertiary/aromatic N) is 2.